The maximum absolute atomic E-state index is 12.8. The summed E-state index contributed by atoms with van der Waals surface area (Å²) in [6.07, 6.45) is 0.338. The number of hydrogen-bond acceptors (Lipinski definition) is 4. The van der Waals surface area contributed by atoms with Gasteiger partial charge in [0.25, 0.3) is 0 Å². The fraction of sp³-hybridized carbons (Fsp3) is 0.529. The molecule has 2 unspecified atom stereocenters. The van der Waals surface area contributed by atoms with Gasteiger partial charge in [-0.25, -0.2) is 4.39 Å². The molecule has 140 valence electrons. The molecule has 1 aromatic rings. The maximum atomic E-state index is 12.8. The second-order valence-corrected chi connectivity index (χ2v) is 6.58. The molecule has 0 saturated heterocycles. The van der Waals surface area contributed by atoms with Gasteiger partial charge < -0.3 is 21.1 Å². The highest BCUT2D eigenvalue weighted by molar-refractivity contribution is 5.96. The molecule has 0 bridgehead atoms. The van der Waals surface area contributed by atoms with Gasteiger partial charge in [-0.3, -0.25) is 9.59 Å². The molecule has 2 atom stereocenters. The van der Waals surface area contributed by atoms with Crippen LogP contribution < -0.4 is 16.4 Å². The molecule has 0 aromatic heterocycles. The summed E-state index contributed by atoms with van der Waals surface area (Å²) in [5.41, 5.74) is 5.11. The second-order valence-electron chi connectivity index (χ2n) is 6.58. The van der Waals surface area contributed by atoms with Crippen molar-refractivity contribution in [3.05, 3.63) is 30.1 Å². The van der Waals surface area contributed by atoms with Crippen LogP contribution in [0.15, 0.2) is 24.3 Å². The van der Waals surface area contributed by atoms with Crippen molar-refractivity contribution in [2.24, 2.45) is 11.1 Å². The van der Waals surface area contributed by atoms with E-state index in [0.29, 0.717) is 18.7 Å². The lowest BCUT2D eigenvalue weighted by molar-refractivity contribution is -0.170. The Bertz CT molecular complexity index is 624. The van der Waals surface area contributed by atoms with Crippen molar-refractivity contribution in [2.75, 3.05) is 18.5 Å². The van der Waals surface area contributed by atoms with Gasteiger partial charge in [-0.05, 0) is 31.2 Å². The first-order valence-electron chi connectivity index (χ1n) is 7.95. The standard InChI is InChI=1S/C17H24FN3O3.ClH/c1-4-24-13-9-17(19,16(13,2)3)15(23)20-10-14(22)21-12-7-5-11(18)6-8-12;/h5-8,13H,4,9-10,19H2,1-3H3,(H,20,23)(H,21,22);1H. The summed E-state index contributed by atoms with van der Waals surface area (Å²) in [6.45, 7) is 6.02. The average Bonchev–Trinajstić information content (AvgIpc) is 2.54. The first kappa shape index (κ1) is 21.3. The molecule has 2 rings (SSSR count). The van der Waals surface area contributed by atoms with Gasteiger partial charge >= 0.3 is 0 Å². The summed E-state index contributed by atoms with van der Waals surface area (Å²) < 4.78 is 18.4. The van der Waals surface area contributed by atoms with Crippen molar-refractivity contribution in [1.29, 1.82) is 0 Å². The molecule has 1 aromatic carbocycles. The first-order chi connectivity index (χ1) is 11.2. The Morgan fingerprint density at radius 2 is 1.92 bits per heavy atom. The zero-order chi connectivity index (χ0) is 18.0. The van der Waals surface area contributed by atoms with E-state index in [1.165, 1.54) is 24.3 Å². The lowest BCUT2D eigenvalue weighted by Gasteiger charge is -2.57. The van der Waals surface area contributed by atoms with E-state index in [9.17, 15) is 14.0 Å². The topological polar surface area (TPSA) is 93.4 Å². The molecule has 0 aliphatic heterocycles. The molecule has 1 aliphatic carbocycles. The zero-order valence-electron chi connectivity index (χ0n) is 14.6. The minimum Gasteiger partial charge on any atom is -0.378 e. The summed E-state index contributed by atoms with van der Waals surface area (Å²) in [7, 11) is 0. The fourth-order valence-electron chi connectivity index (χ4n) is 2.88. The third kappa shape index (κ3) is 4.29. The van der Waals surface area contributed by atoms with E-state index in [1.54, 1.807) is 0 Å². The molecule has 1 saturated carbocycles. The van der Waals surface area contributed by atoms with Crippen LogP contribution in [0.5, 0.6) is 0 Å². The Hall–Kier alpha value is -1.70. The molecule has 1 fully saturated rings. The smallest absolute Gasteiger partial charge is 0.243 e. The molecule has 0 radical (unpaired) electrons. The Labute approximate surface area is 153 Å². The number of benzene rings is 1. The van der Waals surface area contributed by atoms with Gasteiger partial charge in [0.05, 0.1) is 12.6 Å². The Morgan fingerprint density at radius 3 is 2.44 bits per heavy atom. The molecule has 0 heterocycles. The van der Waals surface area contributed by atoms with Gasteiger partial charge in [0.2, 0.25) is 11.8 Å². The van der Waals surface area contributed by atoms with E-state index in [4.69, 9.17) is 10.5 Å². The highest BCUT2D eigenvalue weighted by Crippen LogP contribution is 2.49. The van der Waals surface area contributed by atoms with Crippen molar-refractivity contribution in [3.8, 4) is 0 Å². The van der Waals surface area contributed by atoms with Crippen LogP contribution in [0, 0.1) is 11.2 Å². The molecule has 2 amide bonds. The van der Waals surface area contributed by atoms with Crippen molar-refractivity contribution in [1.82, 2.24) is 5.32 Å². The molecule has 6 nitrogen and oxygen atoms in total. The average molecular weight is 374 g/mol. The first-order valence-corrected chi connectivity index (χ1v) is 7.95. The number of anilines is 1. The van der Waals surface area contributed by atoms with Crippen LogP contribution in [0.2, 0.25) is 0 Å². The molecular weight excluding hydrogens is 349 g/mol. The number of rotatable bonds is 6. The number of carbonyl (C=O) groups is 2. The quantitative estimate of drug-likeness (QED) is 0.709. The zero-order valence-corrected chi connectivity index (χ0v) is 15.4. The van der Waals surface area contributed by atoms with Crippen LogP contribution >= 0.6 is 12.4 Å². The molecule has 8 heteroatoms. The summed E-state index contributed by atoms with van der Waals surface area (Å²) in [5, 5.41) is 5.15. The highest BCUT2D eigenvalue weighted by Gasteiger charge is 2.62. The monoisotopic (exact) mass is 373 g/mol. The van der Waals surface area contributed by atoms with Crippen LogP contribution in [0.3, 0.4) is 0 Å². The largest absolute Gasteiger partial charge is 0.378 e. The summed E-state index contributed by atoms with van der Waals surface area (Å²) in [4.78, 5) is 24.3. The van der Waals surface area contributed by atoms with Gasteiger partial charge in [0.1, 0.15) is 11.4 Å². The summed E-state index contributed by atoms with van der Waals surface area (Å²) >= 11 is 0. The Kier molecular flexibility index (Phi) is 6.93. The van der Waals surface area contributed by atoms with E-state index >= 15 is 0 Å². The van der Waals surface area contributed by atoms with Gasteiger partial charge in [-0.15, -0.1) is 12.4 Å². The lowest BCUT2D eigenvalue weighted by atomic mass is 9.54. The lowest BCUT2D eigenvalue weighted by Crippen LogP contribution is -2.76. The third-order valence-corrected chi connectivity index (χ3v) is 4.77. The van der Waals surface area contributed by atoms with Crippen LogP contribution in [0.1, 0.15) is 27.2 Å². The fourth-order valence-corrected chi connectivity index (χ4v) is 2.88. The summed E-state index contributed by atoms with van der Waals surface area (Å²) in [6, 6.07) is 5.38. The predicted molar refractivity (Wildman–Crippen MR) is 96.0 cm³/mol. The van der Waals surface area contributed by atoms with E-state index in [2.05, 4.69) is 10.6 Å². The number of ether oxygens (including phenoxy) is 1. The minimum atomic E-state index is -1.07. The minimum absolute atomic E-state index is 0. The van der Waals surface area contributed by atoms with E-state index in [-0.39, 0.29) is 36.8 Å². The SMILES string of the molecule is CCOC1CC(N)(C(=O)NCC(=O)Nc2ccc(F)cc2)C1(C)C.Cl. The van der Waals surface area contributed by atoms with Crippen molar-refractivity contribution >= 4 is 29.9 Å². The molecule has 1 aliphatic rings. The number of carbonyl (C=O) groups excluding carboxylic acids is 2. The highest BCUT2D eigenvalue weighted by atomic mass is 35.5. The van der Waals surface area contributed by atoms with Crippen LogP contribution in [0.4, 0.5) is 10.1 Å². The number of hydrogen-bond donors (Lipinski definition) is 3. The number of nitrogens with two attached hydrogens (primary N) is 1. The van der Waals surface area contributed by atoms with Crippen molar-refractivity contribution in [3.63, 3.8) is 0 Å². The number of halogens is 2. The normalized spacial score (nSPS) is 23.8. The number of nitrogens with one attached hydrogen (secondary N) is 2. The predicted octanol–water partition coefficient (Wildman–Crippen LogP) is 1.83. The van der Waals surface area contributed by atoms with E-state index in [0.717, 1.165) is 0 Å². The van der Waals surface area contributed by atoms with Gasteiger partial charge in [-0.1, -0.05) is 13.8 Å². The Balaban J connectivity index is 0.00000312. The van der Waals surface area contributed by atoms with Gasteiger partial charge in [-0.2, -0.15) is 0 Å². The number of amides is 2. The molecule has 25 heavy (non-hydrogen) atoms. The van der Waals surface area contributed by atoms with Gasteiger partial charge in [0, 0.05) is 24.1 Å². The molecular formula is C17H25ClFN3O3. The second kappa shape index (κ2) is 8.12. The third-order valence-electron chi connectivity index (χ3n) is 4.77. The maximum Gasteiger partial charge on any atom is 0.243 e. The van der Waals surface area contributed by atoms with Gasteiger partial charge in [0.15, 0.2) is 0 Å². The van der Waals surface area contributed by atoms with Crippen molar-refractivity contribution < 1.29 is 18.7 Å². The molecule has 4 N–H and O–H groups in total. The van der Waals surface area contributed by atoms with Crippen LogP contribution in [-0.4, -0.2) is 36.6 Å². The van der Waals surface area contributed by atoms with Crippen LogP contribution in [0.25, 0.3) is 0 Å². The summed E-state index contributed by atoms with van der Waals surface area (Å²) in [5.74, 6) is -1.17. The van der Waals surface area contributed by atoms with Crippen molar-refractivity contribution in [2.45, 2.75) is 38.8 Å². The molecule has 0 spiro atoms. The van der Waals surface area contributed by atoms with E-state index in [1.807, 2.05) is 20.8 Å². The van der Waals surface area contributed by atoms with Crippen LogP contribution in [-0.2, 0) is 14.3 Å². The van der Waals surface area contributed by atoms with E-state index < -0.39 is 16.9 Å². The Morgan fingerprint density at radius 1 is 1.32 bits per heavy atom.